The summed E-state index contributed by atoms with van der Waals surface area (Å²) in [5.74, 6) is 0. The molecule has 5 heteroatoms. The Bertz CT molecular complexity index is 143. The number of nitrogens with two attached hydrogens (primary N) is 2. The molecule has 12 heavy (non-hydrogen) atoms. The lowest BCUT2D eigenvalue weighted by atomic mass is 10.2. The number of unbranched alkanes of at least 4 members (excludes halogenated alkanes) is 1. The average Bonchev–Trinajstić information content (AvgIpc) is 1.95. The highest BCUT2D eigenvalue weighted by atomic mass is 32.1. The second-order valence-corrected chi connectivity index (χ2v) is 3.49. The van der Waals surface area contributed by atoms with Crippen LogP contribution in [0.2, 0.25) is 0 Å². The first-order valence-electron chi connectivity index (χ1n) is 3.77. The van der Waals surface area contributed by atoms with Crippen molar-refractivity contribution in [2.24, 2.45) is 11.5 Å². The van der Waals surface area contributed by atoms with Crippen LogP contribution >= 0.6 is 24.4 Å². The lowest BCUT2D eigenvalue weighted by molar-refractivity contribution is 0.168. The van der Waals surface area contributed by atoms with Crippen LogP contribution < -0.4 is 11.5 Å². The molecule has 0 heterocycles. The Morgan fingerprint density at radius 2 is 1.75 bits per heavy atom. The molecule has 3 nitrogen and oxygen atoms in total. The zero-order valence-corrected chi connectivity index (χ0v) is 8.55. The van der Waals surface area contributed by atoms with E-state index in [4.69, 9.17) is 28.4 Å². The Labute approximate surface area is 83.4 Å². The van der Waals surface area contributed by atoms with Crippen molar-refractivity contribution in [3.63, 3.8) is 0 Å². The van der Waals surface area contributed by atoms with E-state index in [1.165, 1.54) is 0 Å². The SMILES string of the molecule is NC(=S)CCCCOCC(N)=S. The van der Waals surface area contributed by atoms with Crippen molar-refractivity contribution in [2.45, 2.75) is 19.3 Å². The third-order valence-corrected chi connectivity index (χ3v) is 1.53. The molecule has 0 aliphatic rings. The largest absolute Gasteiger partial charge is 0.393 e. The second kappa shape index (κ2) is 7.39. The molecule has 0 aromatic heterocycles. The smallest absolute Gasteiger partial charge is 0.0989 e. The van der Waals surface area contributed by atoms with Crippen molar-refractivity contribution in [3.8, 4) is 0 Å². The van der Waals surface area contributed by atoms with Gasteiger partial charge >= 0.3 is 0 Å². The molecule has 0 aromatic rings. The topological polar surface area (TPSA) is 61.3 Å². The first kappa shape index (κ1) is 11.7. The quantitative estimate of drug-likeness (QED) is 0.475. The summed E-state index contributed by atoms with van der Waals surface area (Å²) in [5, 5.41) is 0. The van der Waals surface area contributed by atoms with Crippen molar-refractivity contribution >= 4 is 34.4 Å². The average molecular weight is 206 g/mol. The van der Waals surface area contributed by atoms with Gasteiger partial charge in [-0.1, -0.05) is 24.4 Å². The number of rotatable bonds is 7. The van der Waals surface area contributed by atoms with Crippen LogP contribution in [0, 0.1) is 0 Å². The Morgan fingerprint density at radius 1 is 1.08 bits per heavy atom. The summed E-state index contributed by atoms with van der Waals surface area (Å²) in [6.45, 7) is 1.03. The van der Waals surface area contributed by atoms with Crippen LogP contribution in [0.25, 0.3) is 0 Å². The van der Waals surface area contributed by atoms with Gasteiger partial charge in [0, 0.05) is 6.61 Å². The fourth-order valence-electron chi connectivity index (χ4n) is 0.676. The molecule has 4 N–H and O–H groups in total. The Balaban J connectivity index is 3.01. The minimum Gasteiger partial charge on any atom is -0.393 e. The molecule has 0 rings (SSSR count). The standard InChI is InChI=1S/C7H14N2OS2/c8-6(11)3-1-2-4-10-5-7(9)12/h1-5H2,(H2,8,11)(H2,9,12). The highest BCUT2D eigenvalue weighted by Gasteiger charge is 1.92. The molecule has 0 aromatic carbocycles. The summed E-state index contributed by atoms with van der Waals surface area (Å²) < 4.78 is 5.13. The molecule has 0 fully saturated rings. The Kier molecular flexibility index (Phi) is 7.23. The van der Waals surface area contributed by atoms with Gasteiger partial charge in [-0.25, -0.2) is 0 Å². The van der Waals surface area contributed by atoms with Crippen LogP contribution in [-0.2, 0) is 4.74 Å². The monoisotopic (exact) mass is 206 g/mol. The van der Waals surface area contributed by atoms with Crippen LogP contribution in [0.1, 0.15) is 19.3 Å². The molecular weight excluding hydrogens is 192 g/mol. The third-order valence-electron chi connectivity index (χ3n) is 1.21. The fourth-order valence-corrected chi connectivity index (χ4v) is 0.904. The fraction of sp³-hybridized carbons (Fsp3) is 0.714. The van der Waals surface area contributed by atoms with E-state index in [0.29, 0.717) is 23.2 Å². The van der Waals surface area contributed by atoms with Crippen molar-refractivity contribution in [1.29, 1.82) is 0 Å². The van der Waals surface area contributed by atoms with E-state index in [0.717, 1.165) is 19.3 Å². The van der Waals surface area contributed by atoms with Gasteiger partial charge in [0.25, 0.3) is 0 Å². The first-order valence-corrected chi connectivity index (χ1v) is 4.59. The van der Waals surface area contributed by atoms with Gasteiger partial charge in [0.1, 0.15) is 0 Å². The maximum absolute atomic E-state index is 5.31. The van der Waals surface area contributed by atoms with Crippen LogP contribution in [0.4, 0.5) is 0 Å². The van der Waals surface area contributed by atoms with Gasteiger partial charge in [0.15, 0.2) is 0 Å². The molecule has 0 aliphatic carbocycles. The van der Waals surface area contributed by atoms with Gasteiger partial charge in [0.05, 0.1) is 16.6 Å². The molecule has 0 unspecified atom stereocenters. The molecule has 0 aliphatic heterocycles. The van der Waals surface area contributed by atoms with E-state index < -0.39 is 0 Å². The molecule has 70 valence electrons. The van der Waals surface area contributed by atoms with E-state index in [2.05, 4.69) is 12.2 Å². The van der Waals surface area contributed by atoms with Crippen molar-refractivity contribution in [1.82, 2.24) is 0 Å². The van der Waals surface area contributed by atoms with Crippen molar-refractivity contribution < 1.29 is 4.74 Å². The maximum Gasteiger partial charge on any atom is 0.0989 e. The van der Waals surface area contributed by atoms with Gasteiger partial charge in [-0.3, -0.25) is 0 Å². The van der Waals surface area contributed by atoms with Crippen LogP contribution in [0.15, 0.2) is 0 Å². The van der Waals surface area contributed by atoms with Gasteiger partial charge < -0.3 is 16.2 Å². The van der Waals surface area contributed by atoms with E-state index in [-0.39, 0.29) is 0 Å². The number of hydrogen-bond acceptors (Lipinski definition) is 3. The molecular formula is C7H14N2OS2. The van der Waals surface area contributed by atoms with E-state index in [1.807, 2.05) is 0 Å². The van der Waals surface area contributed by atoms with E-state index in [1.54, 1.807) is 0 Å². The predicted molar refractivity (Wildman–Crippen MR) is 58.2 cm³/mol. The molecule has 0 saturated carbocycles. The summed E-state index contributed by atoms with van der Waals surface area (Å²) in [4.78, 5) is 0.952. The normalized spacial score (nSPS) is 9.67. The Morgan fingerprint density at radius 3 is 2.25 bits per heavy atom. The zero-order chi connectivity index (χ0) is 9.40. The zero-order valence-electron chi connectivity index (χ0n) is 6.91. The van der Waals surface area contributed by atoms with Crippen molar-refractivity contribution in [2.75, 3.05) is 13.2 Å². The molecule has 0 bridgehead atoms. The molecule has 0 saturated heterocycles. The summed E-state index contributed by atoms with van der Waals surface area (Å²) in [7, 11) is 0. The second-order valence-electron chi connectivity index (χ2n) is 2.44. The minimum atomic E-state index is 0.363. The minimum absolute atomic E-state index is 0.363. The van der Waals surface area contributed by atoms with Gasteiger partial charge in [-0.05, 0) is 19.3 Å². The third kappa shape index (κ3) is 9.74. The number of ether oxygens (including phenoxy) is 1. The first-order chi connectivity index (χ1) is 5.63. The molecule has 0 amide bonds. The Hall–Kier alpha value is -0.260. The summed E-state index contributed by atoms with van der Waals surface area (Å²) >= 11 is 9.34. The highest BCUT2D eigenvalue weighted by Crippen LogP contribution is 1.95. The predicted octanol–water partition coefficient (Wildman–Crippen LogP) is 0.745. The van der Waals surface area contributed by atoms with Crippen molar-refractivity contribution in [3.05, 3.63) is 0 Å². The number of hydrogen-bond donors (Lipinski definition) is 2. The van der Waals surface area contributed by atoms with Crippen LogP contribution in [-0.4, -0.2) is 23.2 Å². The summed E-state index contributed by atoms with van der Waals surface area (Å²) in [5.41, 5.74) is 10.5. The molecule has 0 radical (unpaired) electrons. The van der Waals surface area contributed by atoms with E-state index >= 15 is 0 Å². The lowest BCUT2D eigenvalue weighted by Crippen LogP contribution is -2.16. The highest BCUT2D eigenvalue weighted by molar-refractivity contribution is 7.80. The van der Waals surface area contributed by atoms with E-state index in [9.17, 15) is 0 Å². The summed E-state index contributed by atoms with van der Waals surface area (Å²) in [6.07, 6.45) is 2.69. The van der Waals surface area contributed by atoms with Gasteiger partial charge in [-0.2, -0.15) is 0 Å². The van der Waals surface area contributed by atoms with Crippen LogP contribution in [0.5, 0.6) is 0 Å². The molecule has 0 atom stereocenters. The van der Waals surface area contributed by atoms with Gasteiger partial charge in [0.2, 0.25) is 0 Å². The lowest BCUT2D eigenvalue weighted by Gasteiger charge is -2.01. The summed E-state index contributed by atoms with van der Waals surface area (Å²) in [6, 6.07) is 0. The number of thiocarbonyl (C=S) groups is 2. The van der Waals surface area contributed by atoms with Crippen LogP contribution in [0.3, 0.4) is 0 Å². The molecule has 0 spiro atoms. The van der Waals surface area contributed by atoms with Gasteiger partial charge in [-0.15, -0.1) is 0 Å². The maximum atomic E-state index is 5.31.